The second-order valence-electron chi connectivity index (χ2n) is 17.2. The number of aromatic nitrogens is 6. The van der Waals surface area contributed by atoms with E-state index in [2.05, 4.69) is 44.8 Å². The standard InChI is InChI=1S/C23H23F3N6O4S.C17H15ClF3N5O2S.C6H9NO2.CH2O3.2Cs.H/c1-12-19(30-13(2)36-12)10-35-20-9-28-18(8-29-20)16(24)6-14-5-15(21(26)17(25)7-14)23(3)11-37(33,34)32(4)22(27)31-23;1-17(8-29(27,28)26(2)16(22)25-17)10-3-9(5-12(20)15(10)21)4-11(19)13-6-24-14(18)7-23-13;1-4-6(3-8)7-5(2)9-4;2-1-4-3;;;/h5-9H,10-11H2,1-4H3,(H2,27,31);3-7H,8H2,1-2H3,(H2,22,25);8H,3H2,1-2H3;1,3H;;;/q;;;;2*+1;-1/p-1/b16-6-;11-4-;;;;;/t23-;17-;;;;;/m00...../s1. The molecule has 0 unspecified atom stereocenters. The molecule has 2 aliphatic heterocycles. The van der Waals surface area contributed by atoms with E-state index in [1.165, 1.54) is 34.1 Å². The number of hydrogen-bond donors (Lipinski definition) is 3. The van der Waals surface area contributed by atoms with Crippen LogP contribution in [0.4, 0.5) is 26.3 Å². The molecule has 0 spiro atoms. The number of oxazole rings is 2. The first-order chi connectivity index (χ1) is 36.9. The Hall–Kier alpha value is -3.90. The number of aliphatic hydroxyl groups is 1. The Bertz CT molecular complexity index is 3590. The van der Waals surface area contributed by atoms with Crippen molar-refractivity contribution < 1.29 is 216 Å². The number of hydrogen-bond acceptors (Lipinski definition) is 21. The normalized spacial score (nSPS) is 18.1. The topological polar surface area (TPSA) is 334 Å². The van der Waals surface area contributed by atoms with Crippen molar-refractivity contribution in [1.29, 1.82) is 0 Å². The van der Waals surface area contributed by atoms with Gasteiger partial charge in [0.1, 0.15) is 57.1 Å². The van der Waals surface area contributed by atoms with E-state index >= 15 is 0 Å². The third kappa shape index (κ3) is 18.5. The maximum absolute atomic E-state index is 14.9. The van der Waals surface area contributed by atoms with Crippen molar-refractivity contribution in [2.45, 2.75) is 65.8 Å². The molecule has 5 N–H and O–H groups in total. The van der Waals surface area contributed by atoms with Gasteiger partial charge in [0.2, 0.25) is 37.8 Å². The molecule has 8 rings (SSSR count). The van der Waals surface area contributed by atoms with Gasteiger partial charge in [0.25, 0.3) is 6.47 Å². The average Bonchev–Trinajstić information content (AvgIpc) is 3.91. The van der Waals surface area contributed by atoms with Crippen molar-refractivity contribution >= 4 is 73.8 Å². The Morgan fingerprint density at radius 1 is 0.741 bits per heavy atom. The Morgan fingerprint density at radius 2 is 1.15 bits per heavy atom. The van der Waals surface area contributed by atoms with E-state index in [0.29, 0.717) is 34.7 Å². The first kappa shape index (κ1) is 71.4. The van der Waals surface area contributed by atoms with Crippen molar-refractivity contribution in [2.75, 3.05) is 25.6 Å². The van der Waals surface area contributed by atoms with Gasteiger partial charge in [0.15, 0.2) is 46.7 Å². The summed E-state index contributed by atoms with van der Waals surface area (Å²) in [5.41, 5.74) is 7.83. The second kappa shape index (κ2) is 30.3. The molecule has 0 saturated carbocycles. The molecule has 0 bridgehead atoms. The smallest absolute Gasteiger partial charge is 1.00 e. The van der Waals surface area contributed by atoms with E-state index in [4.69, 9.17) is 51.8 Å². The minimum Gasteiger partial charge on any atom is -1.00 e. The third-order valence-corrected chi connectivity index (χ3v) is 15.4. The zero-order valence-corrected chi connectivity index (χ0v) is 59.7. The maximum Gasteiger partial charge on any atom is 1.00 e. The number of aryl methyl sites for hydroxylation is 4. The molecule has 0 aliphatic carbocycles. The van der Waals surface area contributed by atoms with E-state index in [9.17, 15) is 43.2 Å². The van der Waals surface area contributed by atoms with Gasteiger partial charge in [-0.2, -0.15) is 0 Å². The minimum absolute atomic E-state index is 0. The number of guanidine groups is 2. The van der Waals surface area contributed by atoms with Crippen LogP contribution in [0.25, 0.3) is 23.8 Å². The van der Waals surface area contributed by atoms with Crippen molar-refractivity contribution in [1.82, 2.24) is 38.5 Å². The summed E-state index contributed by atoms with van der Waals surface area (Å²) in [5.74, 6) is -6.55. The zero-order chi connectivity index (χ0) is 58.9. The fraction of sp³-hybridized carbons (Fsp3) is 0.298. The van der Waals surface area contributed by atoms with Crippen molar-refractivity contribution in [3.05, 3.63) is 146 Å². The monoisotopic (exact) mass is 1440 g/mol. The van der Waals surface area contributed by atoms with E-state index in [1.807, 2.05) is 0 Å². The largest absolute Gasteiger partial charge is 1.00 e. The number of benzene rings is 2. The number of aliphatic imine (C=N–C) groups is 2. The molecule has 81 heavy (non-hydrogen) atoms. The van der Waals surface area contributed by atoms with Gasteiger partial charge >= 0.3 is 138 Å². The first-order valence-corrected chi connectivity index (χ1v) is 26.0. The van der Waals surface area contributed by atoms with E-state index in [0.717, 1.165) is 63.6 Å². The number of rotatable bonds is 11. The molecule has 4 aromatic heterocycles. The summed E-state index contributed by atoms with van der Waals surface area (Å²) >= 11 is 5.60. The van der Waals surface area contributed by atoms with Crippen LogP contribution in [0.3, 0.4) is 0 Å². The minimum atomic E-state index is -3.94. The SMILES string of the molecule is CN1C(N)=N[C@](C)(c2cc(/C=C(\F)c3cnc(Cl)cn3)cc(F)c2F)CS1(=O)=O.Cc1nc(CO)c(C)o1.Cc1nc(COc2cnc(/C(F)=C/c3cc(F)c(F)c([C@]4(C)CS(=O)(=O)N(C)C(N)=N4)c3)cn2)c(C)o1.O=CO[O-].[Cs+].[Cs+].[H-]. The molecule has 6 heterocycles. The summed E-state index contributed by atoms with van der Waals surface area (Å²) in [6.07, 6.45) is 6.33. The molecule has 34 heteroatoms. The Labute approximate surface area is 584 Å². The van der Waals surface area contributed by atoms with Gasteiger partial charge in [-0.15, -0.1) is 0 Å². The molecular formula is C47H49ClCs2F6N12O11S2. The molecule has 0 fully saturated rings. The van der Waals surface area contributed by atoms with Crippen molar-refractivity contribution in [2.24, 2.45) is 21.5 Å². The first-order valence-electron chi connectivity index (χ1n) is 22.4. The van der Waals surface area contributed by atoms with E-state index < -0.39 is 77.6 Å². The number of nitrogens with zero attached hydrogens (tertiary/aromatic N) is 10. The average molecular weight is 1440 g/mol. The zero-order valence-electron chi connectivity index (χ0n) is 45.8. The van der Waals surface area contributed by atoms with Crippen molar-refractivity contribution in [3.63, 3.8) is 0 Å². The number of carbonyl (C=O) groups excluding carboxylic acids is 1. The van der Waals surface area contributed by atoms with Gasteiger partial charge in [0.05, 0.1) is 42.9 Å². The summed E-state index contributed by atoms with van der Waals surface area (Å²) in [5, 5.41) is 17.1. The molecule has 23 nitrogen and oxygen atoms in total. The van der Waals surface area contributed by atoms with Gasteiger partial charge in [-0.1, -0.05) is 11.6 Å². The Balaban J connectivity index is 0.000000453. The van der Waals surface area contributed by atoms with Gasteiger partial charge in [-0.05, 0) is 75.2 Å². The van der Waals surface area contributed by atoms with Gasteiger partial charge in [0, 0.05) is 39.1 Å². The molecule has 6 aromatic rings. The van der Waals surface area contributed by atoms with Crippen LogP contribution in [0.15, 0.2) is 67.9 Å². The van der Waals surface area contributed by atoms with Crippen LogP contribution in [0.2, 0.25) is 5.15 Å². The summed E-state index contributed by atoms with van der Waals surface area (Å²) in [7, 11) is -5.45. The summed E-state index contributed by atoms with van der Waals surface area (Å²) in [4.78, 5) is 42.8. The number of halogens is 7. The number of nitrogens with two attached hydrogens (primary N) is 2. The van der Waals surface area contributed by atoms with Crippen LogP contribution in [-0.4, -0.2) is 104 Å². The van der Waals surface area contributed by atoms with Crippen LogP contribution >= 0.6 is 11.6 Å². The fourth-order valence-corrected chi connectivity index (χ4v) is 10.3. The summed E-state index contributed by atoms with van der Waals surface area (Å²) < 4.78 is 154. The molecule has 426 valence electrons. The summed E-state index contributed by atoms with van der Waals surface area (Å²) in [6, 6.07) is 3.76. The molecule has 0 radical (unpaired) electrons. The molecule has 2 aromatic carbocycles. The van der Waals surface area contributed by atoms with Crippen LogP contribution in [0, 0.1) is 51.0 Å². The number of carbonyl (C=O) groups is 1. The van der Waals surface area contributed by atoms with Gasteiger partial charge in [-0.3, -0.25) is 4.79 Å². The van der Waals surface area contributed by atoms with Gasteiger partial charge in [-0.25, -0.2) is 91.7 Å². The van der Waals surface area contributed by atoms with Crippen LogP contribution in [0.1, 0.15) is 83.6 Å². The predicted octanol–water partition coefficient (Wildman–Crippen LogP) is -0.769. The van der Waals surface area contributed by atoms with E-state index in [-0.39, 0.29) is 215 Å². The van der Waals surface area contributed by atoms with Crippen molar-refractivity contribution in [3.8, 4) is 5.88 Å². The van der Waals surface area contributed by atoms with Gasteiger partial charge < -0.3 is 41.7 Å². The maximum atomic E-state index is 14.9. The van der Waals surface area contributed by atoms with Crippen LogP contribution in [0.5, 0.6) is 5.88 Å². The molecule has 0 saturated heterocycles. The number of aliphatic hydroxyl groups excluding tert-OH is 1. The molecule has 2 atom stereocenters. The molecule has 0 amide bonds. The Morgan fingerprint density at radius 3 is 1.47 bits per heavy atom. The van der Waals surface area contributed by atoms with Crippen LogP contribution < -0.4 is 159 Å². The van der Waals surface area contributed by atoms with E-state index in [1.54, 1.807) is 27.7 Å². The molecule has 2 aliphatic rings. The Kier molecular flexibility index (Phi) is 26.7. The predicted molar refractivity (Wildman–Crippen MR) is 271 cm³/mol. The number of ether oxygens (including phenoxy) is 1. The second-order valence-corrected chi connectivity index (χ2v) is 21.6. The number of sulfonamides is 2. The molecular weight excluding hydrogens is 1390 g/mol. The quantitative estimate of drug-likeness (QED) is 0.0621. The fourth-order valence-electron chi connectivity index (χ4n) is 7.30. The third-order valence-electron chi connectivity index (χ3n) is 11.3. The summed E-state index contributed by atoms with van der Waals surface area (Å²) in [6.45, 7) is 9.44. The van der Waals surface area contributed by atoms with Crippen LogP contribution in [-0.2, 0) is 54.0 Å².